The van der Waals surface area contributed by atoms with E-state index < -0.39 is 5.97 Å². The first-order chi connectivity index (χ1) is 15.4. The Hall–Kier alpha value is -2.56. The summed E-state index contributed by atoms with van der Waals surface area (Å²) in [5, 5.41) is 9.11. The first kappa shape index (κ1) is 22.6. The van der Waals surface area contributed by atoms with Gasteiger partial charge in [-0.2, -0.15) is 0 Å². The summed E-state index contributed by atoms with van der Waals surface area (Å²) in [7, 11) is 0. The maximum absolute atomic E-state index is 11.1. The molecule has 0 saturated heterocycles. The highest BCUT2D eigenvalue weighted by Crippen LogP contribution is 2.44. The molecule has 0 amide bonds. The number of aromatic carboxylic acids is 1. The van der Waals surface area contributed by atoms with Crippen molar-refractivity contribution in [2.24, 2.45) is 22.7 Å². The van der Waals surface area contributed by atoms with Gasteiger partial charge in [-0.15, -0.1) is 0 Å². The van der Waals surface area contributed by atoms with Gasteiger partial charge in [-0.05, 0) is 73.6 Å². The molecule has 1 aliphatic heterocycles. The van der Waals surface area contributed by atoms with Crippen LogP contribution in [0.2, 0.25) is 0 Å². The number of hydrogen-bond acceptors (Lipinski definition) is 4. The molecule has 32 heavy (non-hydrogen) atoms. The molecule has 0 radical (unpaired) electrons. The number of hydrogen-bond donors (Lipinski definition) is 1. The summed E-state index contributed by atoms with van der Waals surface area (Å²) in [6.07, 6.45) is 15.0. The molecule has 4 rings (SSSR count). The molecule has 0 aromatic carbocycles. The van der Waals surface area contributed by atoms with Crippen LogP contribution in [0, 0.1) is 17.8 Å². The van der Waals surface area contributed by atoms with Gasteiger partial charge < -0.3 is 14.3 Å². The molecule has 0 spiro atoms. The number of allylic oxidation sites excluding steroid dienone is 4. The van der Waals surface area contributed by atoms with E-state index in [2.05, 4.69) is 26.8 Å². The summed E-state index contributed by atoms with van der Waals surface area (Å²) in [6, 6.07) is 2.97. The van der Waals surface area contributed by atoms with E-state index in [1.165, 1.54) is 61.4 Å². The number of ether oxygens (including phenoxy) is 1. The smallest absolute Gasteiger partial charge is 0.371 e. The first-order valence-corrected chi connectivity index (χ1v) is 12.2. The number of fused-ring (bicyclic) bond motifs is 2. The molecule has 5 nitrogen and oxygen atoms in total. The average molecular weight is 438 g/mol. The van der Waals surface area contributed by atoms with Crippen LogP contribution in [0.3, 0.4) is 0 Å². The number of rotatable bonds is 10. The van der Waals surface area contributed by atoms with Gasteiger partial charge in [0.2, 0.25) is 5.76 Å². The Morgan fingerprint density at radius 3 is 2.75 bits per heavy atom. The molecule has 2 unspecified atom stereocenters. The van der Waals surface area contributed by atoms with Crippen LogP contribution in [0.4, 0.5) is 0 Å². The van der Waals surface area contributed by atoms with Crippen LogP contribution < -0.4 is 4.74 Å². The van der Waals surface area contributed by atoms with Gasteiger partial charge in [0.05, 0.1) is 0 Å². The van der Waals surface area contributed by atoms with Gasteiger partial charge >= 0.3 is 5.97 Å². The molecule has 1 aromatic heterocycles. The highest BCUT2D eigenvalue weighted by atomic mass is 16.6. The van der Waals surface area contributed by atoms with Crippen molar-refractivity contribution in [2.45, 2.75) is 78.6 Å². The Morgan fingerprint density at radius 2 is 2.00 bits per heavy atom. The quantitative estimate of drug-likeness (QED) is 0.416. The van der Waals surface area contributed by atoms with Crippen molar-refractivity contribution < 1.29 is 19.1 Å². The van der Waals surface area contributed by atoms with E-state index in [0.717, 1.165) is 36.8 Å². The lowest BCUT2D eigenvalue weighted by Gasteiger charge is -2.25. The van der Waals surface area contributed by atoms with Crippen LogP contribution in [-0.4, -0.2) is 16.8 Å². The fourth-order valence-electron chi connectivity index (χ4n) is 5.01. The predicted molar refractivity (Wildman–Crippen MR) is 126 cm³/mol. The molecule has 2 atom stereocenters. The minimum atomic E-state index is -1.10. The molecule has 0 bridgehead atoms. The topological polar surface area (TPSA) is 72.0 Å². The lowest BCUT2D eigenvalue weighted by molar-refractivity contribution is 0.0656. The molecule has 172 valence electrons. The SMILES string of the molecule is CC(C)CCCC(C)CCC1C=CC(Oc2ccc(C(=O)O)o2)=C2N=C3CCCCC3=C21. The van der Waals surface area contributed by atoms with Crippen LogP contribution >= 0.6 is 0 Å². The third-order valence-electron chi connectivity index (χ3n) is 6.80. The van der Waals surface area contributed by atoms with E-state index in [-0.39, 0.29) is 11.7 Å². The van der Waals surface area contributed by atoms with Crippen LogP contribution in [-0.2, 0) is 0 Å². The first-order valence-electron chi connectivity index (χ1n) is 12.2. The minimum absolute atomic E-state index is 0.125. The van der Waals surface area contributed by atoms with Gasteiger partial charge in [0.1, 0.15) is 5.70 Å². The second-order valence-corrected chi connectivity index (χ2v) is 9.87. The molecule has 2 aliphatic carbocycles. The zero-order valence-corrected chi connectivity index (χ0v) is 19.5. The van der Waals surface area contributed by atoms with Gasteiger partial charge in [-0.25, -0.2) is 9.79 Å². The third kappa shape index (κ3) is 5.08. The minimum Gasteiger partial charge on any atom is -0.475 e. The van der Waals surface area contributed by atoms with E-state index >= 15 is 0 Å². The number of carbonyl (C=O) groups is 1. The summed E-state index contributed by atoms with van der Waals surface area (Å²) in [4.78, 5) is 16.1. The number of aliphatic imine (C=N–C) groups is 1. The Balaban J connectivity index is 1.50. The highest BCUT2D eigenvalue weighted by Gasteiger charge is 2.34. The standard InChI is InChI=1S/C27H35NO4/c1-17(2)7-6-8-18(3)11-12-19-13-14-22(31-24-16-15-23(32-24)27(29)30)26-25(19)20-9-4-5-10-21(20)28-26/h13-19H,4-12H2,1-3H3,(H,29,30). The summed E-state index contributed by atoms with van der Waals surface area (Å²) in [6.45, 7) is 6.97. The molecule has 1 aromatic rings. The van der Waals surface area contributed by atoms with Crippen LogP contribution in [0.15, 0.2) is 56.3 Å². The monoisotopic (exact) mass is 437 g/mol. The number of carboxylic acid groups (broad SMARTS) is 1. The van der Waals surface area contributed by atoms with Crippen molar-refractivity contribution in [1.82, 2.24) is 0 Å². The van der Waals surface area contributed by atoms with Crippen molar-refractivity contribution in [3.8, 4) is 5.95 Å². The number of furan rings is 1. The molecule has 1 N–H and O–H groups in total. The fourth-order valence-corrected chi connectivity index (χ4v) is 5.01. The van der Waals surface area contributed by atoms with Crippen LogP contribution in [0.5, 0.6) is 5.95 Å². The van der Waals surface area contributed by atoms with Gasteiger partial charge in [-0.3, -0.25) is 0 Å². The average Bonchev–Trinajstić information content (AvgIpc) is 3.38. The molecule has 1 saturated carbocycles. The zero-order chi connectivity index (χ0) is 22.7. The van der Waals surface area contributed by atoms with Crippen molar-refractivity contribution >= 4 is 11.7 Å². The Bertz CT molecular complexity index is 976. The maximum Gasteiger partial charge on any atom is 0.371 e. The van der Waals surface area contributed by atoms with Gasteiger partial charge in [-0.1, -0.05) is 46.1 Å². The number of nitrogens with zero attached hydrogens (tertiary/aromatic N) is 1. The van der Waals surface area contributed by atoms with Gasteiger partial charge in [0.25, 0.3) is 5.95 Å². The van der Waals surface area contributed by atoms with E-state index in [4.69, 9.17) is 19.3 Å². The van der Waals surface area contributed by atoms with Gasteiger partial charge in [0, 0.05) is 17.7 Å². The summed E-state index contributed by atoms with van der Waals surface area (Å²) in [5.74, 6) is 1.48. The van der Waals surface area contributed by atoms with Crippen LogP contribution in [0.25, 0.3) is 0 Å². The molecule has 1 fully saturated rings. The summed E-state index contributed by atoms with van der Waals surface area (Å²) >= 11 is 0. The second-order valence-electron chi connectivity index (χ2n) is 9.87. The molecular weight excluding hydrogens is 402 g/mol. The lowest BCUT2D eigenvalue weighted by Crippen LogP contribution is -2.14. The normalized spacial score (nSPS) is 21.0. The molecular formula is C27H35NO4. The van der Waals surface area contributed by atoms with E-state index in [9.17, 15) is 4.79 Å². The Labute approximate surface area is 190 Å². The predicted octanol–water partition coefficient (Wildman–Crippen LogP) is 7.32. The molecule has 2 heterocycles. The molecule has 5 heteroatoms. The zero-order valence-electron chi connectivity index (χ0n) is 19.5. The fraction of sp³-hybridized carbons (Fsp3) is 0.556. The maximum atomic E-state index is 11.1. The number of carboxylic acids is 1. The van der Waals surface area contributed by atoms with Crippen molar-refractivity contribution in [1.29, 1.82) is 0 Å². The third-order valence-corrected chi connectivity index (χ3v) is 6.80. The highest BCUT2D eigenvalue weighted by molar-refractivity contribution is 6.05. The lowest BCUT2D eigenvalue weighted by atomic mass is 9.80. The van der Waals surface area contributed by atoms with E-state index in [1.54, 1.807) is 6.07 Å². The van der Waals surface area contributed by atoms with E-state index in [0.29, 0.717) is 11.7 Å². The van der Waals surface area contributed by atoms with Crippen molar-refractivity contribution in [3.05, 3.63) is 52.6 Å². The summed E-state index contributed by atoms with van der Waals surface area (Å²) in [5.41, 5.74) is 4.88. The Morgan fingerprint density at radius 1 is 1.19 bits per heavy atom. The van der Waals surface area contributed by atoms with Crippen molar-refractivity contribution in [2.75, 3.05) is 0 Å². The summed E-state index contributed by atoms with van der Waals surface area (Å²) < 4.78 is 11.3. The Kier molecular flexibility index (Phi) is 7.02. The molecule has 3 aliphatic rings. The van der Waals surface area contributed by atoms with Crippen molar-refractivity contribution in [3.63, 3.8) is 0 Å². The van der Waals surface area contributed by atoms with Gasteiger partial charge in [0.15, 0.2) is 5.76 Å². The largest absolute Gasteiger partial charge is 0.475 e. The van der Waals surface area contributed by atoms with E-state index in [1.807, 2.05) is 6.08 Å². The van der Waals surface area contributed by atoms with Crippen LogP contribution in [0.1, 0.15) is 89.1 Å². The second kappa shape index (κ2) is 9.93.